The monoisotopic (exact) mass is 432 g/mol. The molecular weight excluding hydrogens is 408 g/mol. The van der Waals surface area contributed by atoms with Gasteiger partial charge < -0.3 is 15.2 Å². The largest absolute Gasteiger partial charge is 0.508 e. The molecule has 2 aromatic carbocycles. The van der Waals surface area contributed by atoms with Crippen molar-refractivity contribution in [3.8, 4) is 11.5 Å². The van der Waals surface area contributed by atoms with Gasteiger partial charge in [0.1, 0.15) is 18.0 Å². The van der Waals surface area contributed by atoms with Crippen LogP contribution in [0.3, 0.4) is 0 Å². The highest BCUT2D eigenvalue weighted by molar-refractivity contribution is 7.89. The van der Waals surface area contributed by atoms with Crippen LogP contribution in [-0.2, 0) is 26.0 Å². The van der Waals surface area contributed by atoms with E-state index in [1.165, 1.54) is 31.4 Å². The molecule has 1 aliphatic heterocycles. The SMILES string of the molecule is COc1ccc(O)cc1C[C@H]1C(=O)N(S(=O)(=O)c2ccc(C)cc2)CC(=O)NC1C. The molecule has 2 amide bonds. The number of sulfonamides is 1. The highest BCUT2D eigenvalue weighted by Gasteiger charge is 2.41. The number of benzene rings is 2. The Morgan fingerprint density at radius 2 is 1.83 bits per heavy atom. The molecule has 9 heteroatoms. The van der Waals surface area contributed by atoms with Crippen molar-refractivity contribution in [1.29, 1.82) is 0 Å². The van der Waals surface area contributed by atoms with Crippen LogP contribution in [0, 0.1) is 12.8 Å². The van der Waals surface area contributed by atoms with Crippen LogP contribution in [-0.4, -0.2) is 49.3 Å². The number of ether oxygens (including phenoxy) is 1. The summed E-state index contributed by atoms with van der Waals surface area (Å²) < 4.78 is 32.2. The Morgan fingerprint density at radius 3 is 2.47 bits per heavy atom. The number of carbonyl (C=O) groups is 2. The van der Waals surface area contributed by atoms with Gasteiger partial charge in [-0.3, -0.25) is 9.59 Å². The first-order valence-corrected chi connectivity index (χ1v) is 10.9. The van der Waals surface area contributed by atoms with Gasteiger partial charge in [0.25, 0.3) is 10.0 Å². The molecule has 2 N–H and O–H groups in total. The van der Waals surface area contributed by atoms with Crippen LogP contribution in [0.25, 0.3) is 0 Å². The third-order valence-electron chi connectivity index (χ3n) is 5.16. The van der Waals surface area contributed by atoms with Crippen molar-refractivity contribution in [2.45, 2.75) is 31.2 Å². The molecule has 0 aromatic heterocycles. The number of nitrogens with one attached hydrogen (secondary N) is 1. The minimum absolute atomic E-state index is 0.00677. The number of phenols is 1. The molecule has 1 saturated heterocycles. The molecule has 0 saturated carbocycles. The van der Waals surface area contributed by atoms with Gasteiger partial charge in [0.15, 0.2) is 0 Å². The molecule has 0 radical (unpaired) electrons. The van der Waals surface area contributed by atoms with Crippen LogP contribution in [0.2, 0.25) is 0 Å². The Labute approximate surface area is 175 Å². The molecule has 160 valence electrons. The fourth-order valence-corrected chi connectivity index (χ4v) is 4.87. The van der Waals surface area contributed by atoms with E-state index in [0.29, 0.717) is 15.6 Å². The molecule has 8 nitrogen and oxygen atoms in total. The predicted octanol–water partition coefficient (Wildman–Crippen LogP) is 1.60. The summed E-state index contributed by atoms with van der Waals surface area (Å²) in [5, 5.41) is 12.5. The van der Waals surface area contributed by atoms with Gasteiger partial charge in [-0.25, -0.2) is 12.7 Å². The standard InChI is InChI=1S/C21H24N2O6S/c1-13-4-7-17(8-5-13)30(27,28)23-12-20(25)22-14(2)18(21(23)26)11-15-10-16(24)6-9-19(15)29-3/h4-10,14,18,24H,11-12H2,1-3H3,(H,22,25)/t14?,18-/m1/s1. The maximum atomic E-state index is 13.3. The number of methoxy groups -OCH3 is 1. The fraction of sp³-hybridized carbons (Fsp3) is 0.333. The summed E-state index contributed by atoms with van der Waals surface area (Å²) in [5.41, 5.74) is 1.41. The van der Waals surface area contributed by atoms with Gasteiger partial charge in [-0.05, 0) is 56.2 Å². The summed E-state index contributed by atoms with van der Waals surface area (Å²) in [6, 6.07) is 9.96. The number of amides is 2. The number of nitrogens with zero attached hydrogens (tertiary/aromatic N) is 1. The molecule has 0 aliphatic carbocycles. The number of aryl methyl sites for hydroxylation is 1. The average molecular weight is 432 g/mol. The van der Waals surface area contributed by atoms with Crippen molar-refractivity contribution in [1.82, 2.24) is 9.62 Å². The highest BCUT2D eigenvalue weighted by atomic mass is 32.2. The lowest BCUT2D eigenvalue weighted by Gasteiger charge is -2.25. The first-order chi connectivity index (χ1) is 14.1. The van der Waals surface area contributed by atoms with Crippen molar-refractivity contribution in [3.63, 3.8) is 0 Å². The molecule has 1 heterocycles. The Morgan fingerprint density at radius 1 is 1.17 bits per heavy atom. The van der Waals surface area contributed by atoms with Crippen LogP contribution in [0.5, 0.6) is 11.5 Å². The van der Waals surface area contributed by atoms with Crippen molar-refractivity contribution in [2.24, 2.45) is 5.92 Å². The van der Waals surface area contributed by atoms with E-state index >= 15 is 0 Å². The zero-order chi connectivity index (χ0) is 22.1. The molecule has 2 atom stereocenters. The van der Waals surface area contributed by atoms with E-state index in [4.69, 9.17) is 4.74 Å². The third kappa shape index (κ3) is 4.25. The van der Waals surface area contributed by atoms with Gasteiger partial charge in [0, 0.05) is 6.04 Å². The Kier molecular flexibility index (Phi) is 6.02. The maximum Gasteiger partial charge on any atom is 0.266 e. The topological polar surface area (TPSA) is 113 Å². The van der Waals surface area contributed by atoms with Crippen LogP contribution in [0.1, 0.15) is 18.1 Å². The summed E-state index contributed by atoms with van der Waals surface area (Å²) in [6.07, 6.45) is 0.0811. The lowest BCUT2D eigenvalue weighted by atomic mass is 9.92. The molecule has 3 rings (SSSR count). The van der Waals surface area contributed by atoms with Crippen molar-refractivity contribution < 1.29 is 27.9 Å². The first kappa shape index (κ1) is 21.6. The zero-order valence-corrected chi connectivity index (χ0v) is 17.8. The summed E-state index contributed by atoms with van der Waals surface area (Å²) in [6.45, 7) is 2.88. The second kappa shape index (κ2) is 8.35. The predicted molar refractivity (Wildman–Crippen MR) is 110 cm³/mol. The van der Waals surface area contributed by atoms with Crippen LogP contribution in [0.4, 0.5) is 0 Å². The van der Waals surface area contributed by atoms with E-state index in [0.717, 1.165) is 5.56 Å². The van der Waals surface area contributed by atoms with E-state index in [2.05, 4.69) is 5.32 Å². The molecule has 0 spiro atoms. The van der Waals surface area contributed by atoms with Crippen LogP contribution < -0.4 is 10.1 Å². The lowest BCUT2D eigenvalue weighted by molar-refractivity contribution is -0.131. The Hall–Kier alpha value is -3.07. The average Bonchev–Trinajstić information content (AvgIpc) is 2.79. The molecule has 1 fully saturated rings. The fourth-order valence-electron chi connectivity index (χ4n) is 3.47. The van der Waals surface area contributed by atoms with E-state index in [-0.39, 0.29) is 17.1 Å². The second-order valence-corrected chi connectivity index (χ2v) is 9.19. The third-order valence-corrected chi connectivity index (χ3v) is 6.91. The smallest absolute Gasteiger partial charge is 0.266 e. The summed E-state index contributed by atoms with van der Waals surface area (Å²) in [4.78, 5) is 25.6. The molecule has 30 heavy (non-hydrogen) atoms. The molecule has 1 unspecified atom stereocenters. The van der Waals surface area contributed by atoms with E-state index in [9.17, 15) is 23.1 Å². The summed E-state index contributed by atoms with van der Waals surface area (Å²) >= 11 is 0. The zero-order valence-electron chi connectivity index (χ0n) is 17.0. The number of rotatable bonds is 5. The van der Waals surface area contributed by atoms with E-state index in [1.807, 2.05) is 6.92 Å². The van der Waals surface area contributed by atoms with Crippen LogP contribution in [0.15, 0.2) is 47.4 Å². The summed E-state index contributed by atoms with van der Waals surface area (Å²) in [7, 11) is -2.75. The number of hydrogen-bond donors (Lipinski definition) is 2. The number of aromatic hydroxyl groups is 1. The molecular formula is C21H24N2O6S. The van der Waals surface area contributed by atoms with Crippen molar-refractivity contribution >= 4 is 21.8 Å². The summed E-state index contributed by atoms with van der Waals surface area (Å²) in [5.74, 6) is -1.67. The van der Waals surface area contributed by atoms with E-state index in [1.54, 1.807) is 25.1 Å². The number of carbonyl (C=O) groups excluding carboxylic acids is 2. The van der Waals surface area contributed by atoms with Gasteiger partial charge in [-0.2, -0.15) is 0 Å². The second-order valence-electron chi connectivity index (χ2n) is 7.33. The quantitative estimate of drug-likeness (QED) is 0.742. The number of hydrogen-bond acceptors (Lipinski definition) is 6. The van der Waals surface area contributed by atoms with Crippen LogP contribution >= 0.6 is 0 Å². The molecule has 1 aliphatic rings. The molecule has 2 aromatic rings. The lowest BCUT2D eigenvalue weighted by Crippen LogP contribution is -2.43. The Balaban J connectivity index is 2.00. The minimum Gasteiger partial charge on any atom is -0.508 e. The van der Waals surface area contributed by atoms with Gasteiger partial charge in [-0.1, -0.05) is 17.7 Å². The van der Waals surface area contributed by atoms with Gasteiger partial charge in [0.2, 0.25) is 11.8 Å². The van der Waals surface area contributed by atoms with E-state index < -0.39 is 40.3 Å². The van der Waals surface area contributed by atoms with Gasteiger partial charge in [-0.15, -0.1) is 0 Å². The normalized spacial score (nSPS) is 19.9. The van der Waals surface area contributed by atoms with Gasteiger partial charge >= 0.3 is 0 Å². The number of phenolic OH excluding ortho intramolecular Hbond substituents is 1. The minimum atomic E-state index is -4.21. The Bertz CT molecular complexity index is 1070. The highest BCUT2D eigenvalue weighted by Crippen LogP contribution is 2.29. The molecule has 0 bridgehead atoms. The first-order valence-electron chi connectivity index (χ1n) is 9.42. The van der Waals surface area contributed by atoms with Crippen molar-refractivity contribution in [3.05, 3.63) is 53.6 Å². The van der Waals surface area contributed by atoms with Gasteiger partial charge in [0.05, 0.1) is 17.9 Å². The van der Waals surface area contributed by atoms with Crippen molar-refractivity contribution in [2.75, 3.05) is 13.7 Å². The maximum absolute atomic E-state index is 13.3.